The summed E-state index contributed by atoms with van der Waals surface area (Å²) in [5.74, 6) is 0.874. The molecule has 0 fully saturated rings. The minimum absolute atomic E-state index is 0.142. The van der Waals surface area contributed by atoms with E-state index in [2.05, 4.69) is 17.4 Å². The maximum Gasteiger partial charge on any atom is 0.118 e. The summed E-state index contributed by atoms with van der Waals surface area (Å²) in [5, 5.41) is 3.24. The van der Waals surface area contributed by atoms with Crippen molar-refractivity contribution in [1.82, 2.24) is 5.32 Å². The summed E-state index contributed by atoms with van der Waals surface area (Å²) in [6.07, 6.45) is 0.142. The lowest BCUT2D eigenvalue weighted by Gasteiger charge is -2.22. The third kappa shape index (κ3) is 2.94. The smallest absolute Gasteiger partial charge is 0.118 e. The molecule has 0 aliphatic heterocycles. The predicted octanol–water partition coefficient (Wildman–Crippen LogP) is 1.99. The van der Waals surface area contributed by atoms with E-state index in [1.807, 2.05) is 26.1 Å². The Hall–Kier alpha value is -1.06. The fraction of sp³-hybridized carbons (Fsp3) is 0.500. The standard InChI is InChI=1S/C12H19NO2/c1-9(14-3)12(13-2)10-5-7-11(15-4)8-6-10/h5-9,12-13H,1-4H3. The van der Waals surface area contributed by atoms with E-state index in [4.69, 9.17) is 9.47 Å². The van der Waals surface area contributed by atoms with Gasteiger partial charge >= 0.3 is 0 Å². The molecular weight excluding hydrogens is 190 g/mol. The first-order valence-electron chi connectivity index (χ1n) is 5.07. The predicted molar refractivity (Wildman–Crippen MR) is 61.3 cm³/mol. The van der Waals surface area contributed by atoms with Crippen LogP contribution in [0.25, 0.3) is 0 Å². The van der Waals surface area contributed by atoms with E-state index in [9.17, 15) is 0 Å². The van der Waals surface area contributed by atoms with Crippen molar-refractivity contribution in [3.63, 3.8) is 0 Å². The monoisotopic (exact) mass is 209 g/mol. The summed E-state index contributed by atoms with van der Waals surface area (Å²) >= 11 is 0. The average Bonchev–Trinajstić information content (AvgIpc) is 2.30. The van der Waals surface area contributed by atoms with Crippen molar-refractivity contribution in [2.24, 2.45) is 0 Å². The van der Waals surface area contributed by atoms with Gasteiger partial charge in [-0.15, -0.1) is 0 Å². The molecule has 15 heavy (non-hydrogen) atoms. The lowest BCUT2D eigenvalue weighted by Crippen LogP contribution is -2.28. The van der Waals surface area contributed by atoms with Crippen LogP contribution >= 0.6 is 0 Å². The maximum absolute atomic E-state index is 5.32. The number of hydrogen-bond donors (Lipinski definition) is 1. The van der Waals surface area contributed by atoms with E-state index in [1.54, 1.807) is 14.2 Å². The van der Waals surface area contributed by atoms with Gasteiger partial charge in [-0.25, -0.2) is 0 Å². The SMILES string of the molecule is CNC(c1ccc(OC)cc1)C(C)OC. The van der Waals surface area contributed by atoms with E-state index >= 15 is 0 Å². The third-order valence-electron chi connectivity index (χ3n) is 2.63. The summed E-state index contributed by atoms with van der Waals surface area (Å²) in [6.45, 7) is 2.05. The minimum atomic E-state index is 0.142. The lowest BCUT2D eigenvalue weighted by molar-refractivity contribution is 0.0857. The van der Waals surface area contributed by atoms with Crippen molar-refractivity contribution in [1.29, 1.82) is 0 Å². The summed E-state index contributed by atoms with van der Waals surface area (Å²) < 4.78 is 10.4. The van der Waals surface area contributed by atoms with Crippen LogP contribution in [0.5, 0.6) is 5.75 Å². The molecule has 0 heterocycles. The van der Waals surface area contributed by atoms with E-state index in [1.165, 1.54) is 5.56 Å². The van der Waals surface area contributed by atoms with Crippen LogP contribution < -0.4 is 10.1 Å². The highest BCUT2D eigenvalue weighted by Crippen LogP contribution is 2.21. The highest BCUT2D eigenvalue weighted by molar-refractivity contribution is 5.29. The van der Waals surface area contributed by atoms with Crippen molar-refractivity contribution in [2.75, 3.05) is 21.3 Å². The molecule has 0 saturated carbocycles. The van der Waals surface area contributed by atoms with Gasteiger partial charge in [0.25, 0.3) is 0 Å². The maximum atomic E-state index is 5.32. The molecule has 0 aliphatic rings. The van der Waals surface area contributed by atoms with Crippen molar-refractivity contribution >= 4 is 0 Å². The first kappa shape index (κ1) is 12.0. The van der Waals surface area contributed by atoms with Crippen LogP contribution in [0.1, 0.15) is 18.5 Å². The fourth-order valence-corrected chi connectivity index (χ4v) is 1.62. The Morgan fingerprint density at radius 2 is 1.73 bits per heavy atom. The summed E-state index contributed by atoms with van der Waals surface area (Å²) in [7, 11) is 5.32. The van der Waals surface area contributed by atoms with Gasteiger partial charge in [-0.3, -0.25) is 0 Å². The Morgan fingerprint density at radius 3 is 2.13 bits per heavy atom. The van der Waals surface area contributed by atoms with Gasteiger partial charge in [0.2, 0.25) is 0 Å². The number of likely N-dealkylation sites (N-methyl/N-ethyl adjacent to an activating group) is 1. The Labute approximate surface area is 91.4 Å². The van der Waals surface area contributed by atoms with E-state index in [0.717, 1.165) is 5.75 Å². The molecule has 3 heteroatoms. The van der Waals surface area contributed by atoms with Crippen molar-refractivity contribution in [3.05, 3.63) is 29.8 Å². The second-order valence-corrected chi connectivity index (χ2v) is 3.48. The molecule has 0 amide bonds. The highest BCUT2D eigenvalue weighted by atomic mass is 16.5. The van der Waals surface area contributed by atoms with Crippen LogP contribution in [0.15, 0.2) is 24.3 Å². The van der Waals surface area contributed by atoms with Crippen LogP contribution in [0.3, 0.4) is 0 Å². The highest BCUT2D eigenvalue weighted by Gasteiger charge is 2.16. The first-order valence-corrected chi connectivity index (χ1v) is 5.07. The zero-order valence-electron chi connectivity index (χ0n) is 9.78. The van der Waals surface area contributed by atoms with Gasteiger partial charge in [0.05, 0.1) is 19.3 Å². The molecule has 0 aromatic heterocycles. The van der Waals surface area contributed by atoms with Crippen molar-refractivity contribution in [3.8, 4) is 5.75 Å². The molecular formula is C12H19NO2. The second kappa shape index (κ2) is 5.73. The molecule has 1 aromatic rings. The van der Waals surface area contributed by atoms with Crippen LogP contribution in [-0.2, 0) is 4.74 Å². The average molecular weight is 209 g/mol. The van der Waals surface area contributed by atoms with Crippen LogP contribution in [0.2, 0.25) is 0 Å². The molecule has 2 unspecified atom stereocenters. The van der Waals surface area contributed by atoms with Gasteiger partial charge < -0.3 is 14.8 Å². The van der Waals surface area contributed by atoms with Gasteiger partial charge in [0.15, 0.2) is 0 Å². The van der Waals surface area contributed by atoms with Gasteiger partial charge in [-0.2, -0.15) is 0 Å². The lowest BCUT2D eigenvalue weighted by atomic mass is 10.0. The molecule has 1 aromatic carbocycles. The first-order chi connectivity index (χ1) is 7.22. The topological polar surface area (TPSA) is 30.5 Å². The quantitative estimate of drug-likeness (QED) is 0.804. The Morgan fingerprint density at radius 1 is 1.13 bits per heavy atom. The van der Waals surface area contributed by atoms with Crippen LogP contribution in [-0.4, -0.2) is 27.4 Å². The number of methoxy groups -OCH3 is 2. The van der Waals surface area contributed by atoms with Crippen molar-refractivity contribution < 1.29 is 9.47 Å². The Bertz CT molecular complexity index is 284. The normalized spacial score (nSPS) is 14.7. The molecule has 0 saturated heterocycles. The number of rotatable bonds is 5. The second-order valence-electron chi connectivity index (χ2n) is 3.48. The number of hydrogen-bond acceptors (Lipinski definition) is 3. The molecule has 84 valence electrons. The largest absolute Gasteiger partial charge is 0.497 e. The number of ether oxygens (including phenoxy) is 2. The van der Waals surface area contributed by atoms with E-state index in [0.29, 0.717) is 0 Å². The molecule has 0 spiro atoms. The third-order valence-corrected chi connectivity index (χ3v) is 2.63. The summed E-state index contributed by atoms with van der Waals surface area (Å²) in [6, 6.07) is 8.23. The molecule has 2 atom stereocenters. The number of nitrogens with one attached hydrogen (secondary N) is 1. The van der Waals surface area contributed by atoms with Crippen LogP contribution in [0, 0.1) is 0 Å². The van der Waals surface area contributed by atoms with Gasteiger partial charge in [-0.1, -0.05) is 12.1 Å². The van der Waals surface area contributed by atoms with Gasteiger partial charge in [0.1, 0.15) is 5.75 Å². The zero-order valence-corrected chi connectivity index (χ0v) is 9.78. The Balaban J connectivity index is 2.83. The van der Waals surface area contributed by atoms with E-state index in [-0.39, 0.29) is 12.1 Å². The molecule has 0 aliphatic carbocycles. The van der Waals surface area contributed by atoms with E-state index < -0.39 is 0 Å². The molecule has 1 rings (SSSR count). The minimum Gasteiger partial charge on any atom is -0.497 e. The molecule has 0 bridgehead atoms. The molecule has 0 radical (unpaired) electrons. The molecule has 3 nitrogen and oxygen atoms in total. The van der Waals surface area contributed by atoms with Crippen LogP contribution in [0.4, 0.5) is 0 Å². The van der Waals surface area contributed by atoms with Gasteiger partial charge in [-0.05, 0) is 31.7 Å². The fourth-order valence-electron chi connectivity index (χ4n) is 1.62. The molecule has 1 N–H and O–H groups in total. The zero-order chi connectivity index (χ0) is 11.3. The van der Waals surface area contributed by atoms with Crippen molar-refractivity contribution in [2.45, 2.75) is 19.1 Å². The Kier molecular flexibility index (Phi) is 4.59. The van der Waals surface area contributed by atoms with Gasteiger partial charge in [0, 0.05) is 7.11 Å². The number of benzene rings is 1. The summed E-state index contributed by atoms with van der Waals surface area (Å²) in [5.41, 5.74) is 1.20. The summed E-state index contributed by atoms with van der Waals surface area (Å²) in [4.78, 5) is 0.